The van der Waals surface area contributed by atoms with Gasteiger partial charge in [0.1, 0.15) is 17.5 Å². The first-order valence-corrected chi connectivity index (χ1v) is 7.73. The predicted octanol–water partition coefficient (Wildman–Crippen LogP) is 4.63. The Morgan fingerprint density at radius 3 is 2.59 bits per heavy atom. The van der Waals surface area contributed by atoms with E-state index in [1.165, 1.54) is 43.5 Å². The summed E-state index contributed by atoms with van der Waals surface area (Å²) in [5, 5.41) is 11.4. The molecule has 0 aliphatic carbocycles. The van der Waals surface area contributed by atoms with Gasteiger partial charge in [0.2, 0.25) is 0 Å². The number of amides is 1. The molecule has 0 heterocycles. The lowest BCUT2D eigenvalue weighted by atomic mass is 10.1. The van der Waals surface area contributed by atoms with E-state index in [4.69, 9.17) is 16.3 Å². The fraction of sp³-hybridized carbons (Fsp3) is 0.111. The number of carbonyl (C=O) groups excluding carboxylic acids is 1. The van der Waals surface area contributed by atoms with Gasteiger partial charge < -0.3 is 14.8 Å². The minimum absolute atomic E-state index is 0.00654. The van der Waals surface area contributed by atoms with Crippen LogP contribution < -0.4 is 14.8 Å². The molecule has 0 saturated carbocycles. The molecule has 0 spiro atoms. The molecule has 1 N–H and O–H groups in total. The van der Waals surface area contributed by atoms with Gasteiger partial charge in [-0.05, 0) is 42.0 Å². The average molecular weight is 397 g/mol. The molecule has 0 atom stereocenters. The molecule has 0 aromatic heterocycles. The van der Waals surface area contributed by atoms with Crippen molar-refractivity contribution in [3.8, 4) is 17.6 Å². The van der Waals surface area contributed by atoms with Crippen molar-refractivity contribution in [1.29, 1.82) is 5.26 Å². The van der Waals surface area contributed by atoms with E-state index in [1.807, 2.05) is 0 Å². The summed E-state index contributed by atoms with van der Waals surface area (Å²) >= 11 is 5.64. The molecule has 0 radical (unpaired) electrons. The Bertz CT molecular complexity index is 927. The molecular weight excluding hydrogens is 385 g/mol. The van der Waals surface area contributed by atoms with Crippen LogP contribution in [-0.2, 0) is 4.79 Å². The SMILES string of the molecule is COc1cc(C=C(C#N)C(=O)Nc2ccc(F)c(Cl)c2)ccc1OC(F)F. The summed E-state index contributed by atoms with van der Waals surface area (Å²) < 4.78 is 47.1. The Morgan fingerprint density at radius 2 is 2.00 bits per heavy atom. The quantitative estimate of drug-likeness (QED) is 0.570. The minimum Gasteiger partial charge on any atom is -0.493 e. The summed E-state index contributed by atoms with van der Waals surface area (Å²) in [6, 6.07) is 9.21. The zero-order valence-electron chi connectivity index (χ0n) is 13.8. The van der Waals surface area contributed by atoms with Gasteiger partial charge in [0.05, 0.1) is 12.1 Å². The molecule has 27 heavy (non-hydrogen) atoms. The molecule has 0 saturated heterocycles. The van der Waals surface area contributed by atoms with Crippen LogP contribution in [0.2, 0.25) is 5.02 Å². The summed E-state index contributed by atoms with van der Waals surface area (Å²) in [5.41, 5.74) is 0.267. The molecule has 0 aliphatic heterocycles. The van der Waals surface area contributed by atoms with Gasteiger partial charge in [-0.15, -0.1) is 0 Å². The minimum atomic E-state index is -3.02. The van der Waals surface area contributed by atoms with Gasteiger partial charge in [-0.3, -0.25) is 4.79 Å². The van der Waals surface area contributed by atoms with Crippen LogP contribution in [0.15, 0.2) is 42.0 Å². The van der Waals surface area contributed by atoms with Crippen molar-refractivity contribution in [3.05, 3.63) is 58.4 Å². The van der Waals surface area contributed by atoms with Gasteiger partial charge in [-0.25, -0.2) is 4.39 Å². The predicted molar refractivity (Wildman–Crippen MR) is 93.3 cm³/mol. The lowest BCUT2D eigenvalue weighted by Crippen LogP contribution is -2.13. The molecule has 140 valence electrons. The number of carbonyl (C=O) groups is 1. The van der Waals surface area contributed by atoms with Crippen LogP contribution in [0.1, 0.15) is 5.56 Å². The van der Waals surface area contributed by atoms with E-state index < -0.39 is 18.3 Å². The van der Waals surface area contributed by atoms with Crippen molar-refractivity contribution < 1.29 is 27.4 Å². The smallest absolute Gasteiger partial charge is 0.387 e. The van der Waals surface area contributed by atoms with Crippen LogP contribution >= 0.6 is 11.6 Å². The standard InChI is InChI=1S/C18H12ClF3N2O3/c1-26-16-7-10(2-5-15(16)27-18(21)22)6-11(9-23)17(25)24-12-3-4-14(20)13(19)8-12/h2-8,18H,1H3,(H,24,25). The second-order valence-corrected chi connectivity index (χ2v) is 5.45. The number of anilines is 1. The molecule has 9 heteroatoms. The largest absolute Gasteiger partial charge is 0.493 e. The third-order valence-corrected chi connectivity index (χ3v) is 3.55. The van der Waals surface area contributed by atoms with Gasteiger partial charge >= 0.3 is 6.61 Å². The number of hydrogen-bond acceptors (Lipinski definition) is 4. The number of rotatable bonds is 6. The summed E-state index contributed by atoms with van der Waals surface area (Å²) in [6.07, 6.45) is 1.23. The number of ether oxygens (including phenoxy) is 2. The van der Waals surface area contributed by atoms with Crippen LogP contribution in [0.3, 0.4) is 0 Å². The average Bonchev–Trinajstić information content (AvgIpc) is 2.63. The topological polar surface area (TPSA) is 71.3 Å². The Kier molecular flexibility index (Phi) is 6.68. The monoisotopic (exact) mass is 396 g/mol. The number of benzene rings is 2. The van der Waals surface area contributed by atoms with Crippen molar-refractivity contribution in [2.45, 2.75) is 6.61 Å². The van der Waals surface area contributed by atoms with Crippen LogP contribution in [0.25, 0.3) is 6.08 Å². The fourth-order valence-electron chi connectivity index (χ4n) is 2.05. The van der Waals surface area contributed by atoms with Gasteiger partial charge in [0.15, 0.2) is 11.5 Å². The Balaban J connectivity index is 2.25. The molecular formula is C18H12ClF3N2O3. The van der Waals surface area contributed by atoms with Gasteiger partial charge in [0.25, 0.3) is 5.91 Å². The van der Waals surface area contributed by atoms with E-state index in [0.717, 1.165) is 6.07 Å². The van der Waals surface area contributed by atoms with E-state index in [2.05, 4.69) is 10.1 Å². The Hall–Kier alpha value is -3.18. The molecule has 0 aliphatic rings. The number of nitrogens with one attached hydrogen (secondary N) is 1. The second kappa shape index (κ2) is 8.96. The normalized spacial score (nSPS) is 11.1. The number of methoxy groups -OCH3 is 1. The van der Waals surface area contributed by atoms with E-state index >= 15 is 0 Å². The maximum Gasteiger partial charge on any atom is 0.387 e. The highest BCUT2D eigenvalue weighted by Crippen LogP contribution is 2.30. The summed E-state index contributed by atoms with van der Waals surface area (Å²) in [6.45, 7) is -3.02. The van der Waals surface area contributed by atoms with Crippen LogP contribution in [0.4, 0.5) is 18.9 Å². The maximum absolute atomic E-state index is 13.2. The second-order valence-electron chi connectivity index (χ2n) is 5.04. The number of nitriles is 1. The van der Waals surface area contributed by atoms with Crippen LogP contribution in [-0.4, -0.2) is 19.6 Å². The van der Waals surface area contributed by atoms with Gasteiger partial charge in [0, 0.05) is 5.69 Å². The summed E-state index contributed by atoms with van der Waals surface area (Å²) in [4.78, 5) is 12.2. The lowest BCUT2D eigenvalue weighted by Gasteiger charge is -2.10. The number of alkyl halides is 2. The van der Waals surface area contributed by atoms with Crippen molar-refractivity contribution in [3.63, 3.8) is 0 Å². The van der Waals surface area contributed by atoms with E-state index in [1.54, 1.807) is 6.07 Å². The highest BCUT2D eigenvalue weighted by Gasteiger charge is 2.13. The van der Waals surface area contributed by atoms with Gasteiger partial charge in [-0.2, -0.15) is 14.0 Å². The first kappa shape index (κ1) is 20.1. The number of halogens is 4. The third-order valence-electron chi connectivity index (χ3n) is 3.26. The first-order valence-electron chi connectivity index (χ1n) is 7.35. The van der Waals surface area contributed by atoms with E-state index in [0.29, 0.717) is 5.56 Å². The molecule has 0 unspecified atom stereocenters. The first-order chi connectivity index (χ1) is 12.8. The zero-order chi connectivity index (χ0) is 20.0. The molecule has 1 amide bonds. The highest BCUT2D eigenvalue weighted by molar-refractivity contribution is 6.31. The van der Waals surface area contributed by atoms with E-state index in [-0.39, 0.29) is 27.8 Å². The molecule has 0 fully saturated rings. The molecule has 5 nitrogen and oxygen atoms in total. The molecule has 0 bridgehead atoms. The van der Waals surface area contributed by atoms with Crippen molar-refractivity contribution in [2.24, 2.45) is 0 Å². The van der Waals surface area contributed by atoms with E-state index in [9.17, 15) is 23.2 Å². The zero-order valence-corrected chi connectivity index (χ0v) is 14.6. The lowest BCUT2D eigenvalue weighted by molar-refractivity contribution is -0.112. The summed E-state index contributed by atoms with van der Waals surface area (Å²) in [7, 11) is 1.26. The number of hydrogen-bond donors (Lipinski definition) is 1. The van der Waals surface area contributed by atoms with Crippen LogP contribution in [0.5, 0.6) is 11.5 Å². The summed E-state index contributed by atoms with van der Waals surface area (Å²) in [5.74, 6) is -1.59. The fourth-order valence-corrected chi connectivity index (χ4v) is 2.24. The van der Waals surface area contributed by atoms with Crippen molar-refractivity contribution >= 4 is 29.3 Å². The van der Waals surface area contributed by atoms with Crippen molar-refractivity contribution in [1.82, 2.24) is 0 Å². The number of nitrogens with zero attached hydrogens (tertiary/aromatic N) is 1. The van der Waals surface area contributed by atoms with Crippen LogP contribution in [0, 0.1) is 17.1 Å². The third kappa shape index (κ3) is 5.39. The molecule has 2 rings (SSSR count). The van der Waals surface area contributed by atoms with Gasteiger partial charge in [-0.1, -0.05) is 17.7 Å². The maximum atomic E-state index is 13.2. The Morgan fingerprint density at radius 1 is 1.26 bits per heavy atom. The van der Waals surface area contributed by atoms with Crippen molar-refractivity contribution in [2.75, 3.05) is 12.4 Å². The molecule has 2 aromatic carbocycles. The highest BCUT2D eigenvalue weighted by atomic mass is 35.5. The Labute approximate surface area is 157 Å². The molecule has 2 aromatic rings.